The molecule has 1 fully saturated rings. The fraction of sp³-hybridized carbons (Fsp3) is 0.647. The highest BCUT2D eigenvalue weighted by Crippen LogP contribution is 2.37. The van der Waals surface area contributed by atoms with Gasteiger partial charge in [-0.2, -0.15) is 0 Å². The summed E-state index contributed by atoms with van der Waals surface area (Å²) in [6.07, 6.45) is 5.09. The first-order valence-corrected chi connectivity index (χ1v) is 7.58. The molecule has 0 radical (unpaired) electrons. The minimum absolute atomic E-state index is 0.0426. The van der Waals surface area contributed by atoms with Gasteiger partial charge in [0.2, 0.25) is 0 Å². The summed E-state index contributed by atoms with van der Waals surface area (Å²) in [4.78, 5) is 0. The van der Waals surface area contributed by atoms with Crippen molar-refractivity contribution in [3.8, 4) is 5.75 Å². The smallest absolute Gasteiger partial charge is 0.127 e. The molecule has 2 heteroatoms. The zero-order valence-electron chi connectivity index (χ0n) is 12.3. The van der Waals surface area contributed by atoms with E-state index in [1.165, 1.54) is 30.4 Å². The summed E-state index contributed by atoms with van der Waals surface area (Å²) < 4.78 is 6.13. The highest BCUT2D eigenvalue weighted by Gasteiger charge is 2.31. The van der Waals surface area contributed by atoms with Crippen LogP contribution >= 0.6 is 0 Å². The van der Waals surface area contributed by atoms with Crippen LogP contribution in [0.25, 0.3) is 0 Å². The van der Waals surface area contributed by atoms with Crippen LogP contribution in [0, 0.1) is 5.92 Å². The zero-order valence-corrected chi connectivity index (χ0v) is 12.3. The van der Waals surface area contributed by atoms with Crippen LogP contribution < -0.4 is 10.1 Å². The summed E-state index contributed by atoms with van der Waals surface area (Å²) >= 11 is 0. The maximum atomic E-state index is 6.13. The van der Waals surface area contributed by atoms with Gasteiger partial charge in [0.05, 0.1) is 0 Å². The average Bonchev–Trinajstić information content (AvgIpc) is 2.88. The number of para-hydroxylation sites is 1. The largest absolute Gasteiger partial charge is 0.487 e. The SMILES string of the molecule is CC1CCCC1NCc1cccc2c1OC(C)(C)C2. The summed E-state index contributed by atoms with van der Waals surface area (Å²) in [7, 11) is 0. The fourth-order valence-corrected chi connectivity index (χ4v) is 3.51. The zero-order chi connectivity index (χ0) is 13.5. The van der Waals surface area contributed by atoms with Crippen LogP contribution in [-0.4, -0.2) is 11.6 Å². The van der Waals surface area contributed by atoms with Crippen molar-refractivity contribution in [2.24, 2.45) is 5.92 Å². The maximum Gasteiger partial charge on any atom is 0.127 e. The molecule has 0 bridgehead atoms. The molecule has 2 aliphatic rings. The number of hydrogen-bond acceptors (Lipinski definition) is 2. The average molecular weight is 259 g/mol. The molecule has 1 aromatic carbocycles. The van der Waals surface area contributed by atoms with Gasteiger partial charge in [0.15, 0.2) is 0 Å². The summed E-state index contributed by atoms with van der Waals surface area (Å²) in [5, 5.41) is 3.72. The van der Waals surface area contributed by atoms with E-state index >= 15 is 0 Å². The van der Waals surface area contributed by atoms with Crippen LogP contribution in [0.5, 0.6) is 5.75 Å². The minimum Gasteiger partial charge on any atom is -0.487 e. The molecule has 1 N–H and O–H groups in total. The van der Waals surface area contributed by atoms with E-state index in [9.17, 15) is 0 Å². The molecular weight excluding hydrogens is 234 g/mol. The Balaban J connectivity index is 1.71. The second-order valence-corrected chi connectivity index (χ2v) is 6.84. The van der Waals surface area contributed by atoms with Crippen LogP contribution in [0.15, 0.2) is 18.2 Å². The van der Waals surface area contributed by atoms with E-state index in [0.717, 1.165) is 24.6 Å². The lowest BCUT2D eigenvalue weighted by Gasteiger charge is -2.20. The number of ether oxygens (including phenoxy) is 1. The first-order chi connectivity index (χ1) is 9.05. The number of fused-ring (bicyclic) bond motifs is 1. The molecule has 2 unspecified atom stereocenters. The van der Waals surface area contributed by atoms with Crippen LogP contribution in [0.4, 0.5) is 0 Å². The molecule has 1 heterocycles. The van der Waals surface area contributed by atoms with Crippen molar-refractivity contribution < 1.29 is 4.74 Å². The molecule has 0 saturated heterocycles. The van der Waals surface area contributed by atoms with Gasteiger partial charge >= 0.3 is 0 Å². The van der Waals surface area contributed by atoms with Crippen molar-refractivity contribution in [3.63, 3.8) is 0 Å². The monoisotopic (exact) mass is 259 g/mol. The molecule has 0 amide bonds. The quantitative estimate of drug-likeness (QED) is 0.894. The summed E-state index contributed by atoms with van der Waals surface area (Å²) in [5.41, 5.74) is 2.64. The van der Waals surface area contributed by atoms with Crippen LogP contribution in [0.1, 0.15) is 51.2 Å². The minimum atomic E-state index is -0.0426. The molecule has 0 aromatic heterocycles. The molecule has 1 aliphatic heterocycles. The van der Waals surface area contributed by atoms with E-state index in [2.05, 4.69) is 44.3 Å². The Bertz CT molecular complexity index is 466. The second kappa shape index (κ2) is 4.82. The third-order valence-corrected chi connectivity index (χ3v) is 4.59. The van der Waals surface area contributed by atoms with Gasteiger partial charge in [-0.05, 0) is 38.2 Å². The molecule has 1 aliphatic carbocycles. The van der Waals surface area contributed by atoms with Gasteiger partial charge in [-0.3, -0.25) is 0 Å². The lowest BCUT2D eigenvalue weighted by molar-refractivity contribution is 0.137. The van der Waals surface area contributed by atoms with Crippen molar-refractivity contribution in [2.45, 2.75) is 64.6 Å². The van der Waals surface area contributed by atoms with Crippen LogP contribution in [0.3, 0.4) is 0 Å². The molecule has 1 aromatic rings. The van der Waals surface area contributed by atoms with Crippen molar-refractivity contribution in [3.05, 3.63) is 29.3 Å². The molecule has 2 atom stereocenters. The third-order valence-electron chi connectivity index (χ3n) is 4.59. The van der Waals surface area contributed by atoms with E-state index in [1.54, 1.807) is 0 Å². The standard InChI is InChI=1S/C17H25NO/c1-12-6-4-9-15(12)18-11-14-8-5-7-13-10-17(2,3)19-16(13)14/h5,7-8,12,15,18H,4,6,9-11H2,1-3H3. The molecule has 0 spiro atoms. The predicted molar refractivity (Wildman–Crippen MR) is 78.5 cm³/mol. The Morgan fingerprint density at radius 3 is 2.89 bits per heavy atom. The van der Waals surface area contributed by atoms with Crippen molar-refractivity contribution in [2.75, 3.05) is 0 Å². The van der Waals surface area contributed by atoms with Gasteiger partial charge in [0.1, 0.15) is 11.4 Å². The summed E-state index contributed by atoms with van der Waals surface area (Å²) in [6.45, 7) is 7.64. The highest BCUT2D eigenvalue weighted by atomic mass is 16.5. The lowest BCUT2D eigenvalue weighted by atomic mass is 10.0. The first kappa shape index (κ1) is 13.0. The Labute approximate surface area is 116 Å². The summed E-state index contributed by atoms with van der Waals surface area (Å²) in [5.74, 6) is 1.94. The summed E-state index contributed by atoms with van der Waals surface area (Å²) in [6, 6.07) is 7.25. The second-order valence-electron chi connectivity index (χ2n) is 6.84. The Kier molecular flexibility index (Phi) is 3.30. The van der Waals surface area contributed by atoms with E-state index in [4.69, 9.17) is 4.74 Å². The molecule has 19 heavy (non-hydrogen) atoms. The number of benzene rings is 1. The van der Waals surface area contributed by atoms with E-state index in [0.29, 0.717) is 6.04 Å². The van der Waals surface area contributed by atoms with Gasteiger partial charge < -0.3 is 10.1 Å². The predicted octanol–water partition coefficient (Wildman–Crippen LogP) is 3.68. The highest BCUT2D eigenvalue weighted by molar-refractivity contribution is 5.45. The van der Waals surface area contributed by atoms with E-state index in [-0.39, 0.29) is 5.60 Å². The Morgan fingerprint density at radius 1 is 1.32 bits per heavy atom. The molecule has 104 valence electrons. The molecule has 1 saturated carbocycles. The van der Waals surface area contributed by atoms with Gasteiger partial charge in [-0.1, -0.05) is 31.5 Å². The number of hydrogen-bond donors (Lipinski definition) is 1. The molecular formula is C17H25NO. The first-order valence-electron chi connectivity index (χ1n) is 7.58. The Hall–Kier alpha value is -1.02. The van der Waals surface area contributed by atoms with E-state index < -0.39 is 0 Å². The van der Waals surface area contributed by atoms with Crippen LogP contribution in [-0.2, 0) is 13.0 Å². The lowest BCUT2D eigenvalue weighted by Crippen LogP contribution is -2.30. The molecule has 3 rings (SSSR count). The van der Waals surface area contributed by atoms with Gasteiger partial charge in [0, 0.05) is 24.6 Å². The fourth-order valence-electron chi connectivity index (χ4n) is 3.51. The van der Waals surface area contributed by atoms with Gasteiger partial charge in [-0.15, -0.1) is 0 Å². The Morgan fingerprint density at radius 2 is 2.16 bits per heavy atom. The van der Waals surface area contributed by atoms with Gasteiger partial charge in [0.25, 0.3) is 0 Å². The maximum absolute atomic E-state index is 6.13. The van der Waals surface area contributed by atoms with Crippen molar-refractivity contribution >= 4 is 0 Å². The molecule has 2 nitrogen and oxygen atoms in total. The third kappa shape index (κ3) is 2.64. The normalized spacial score (nSPS) is 28.2. The van der Waals surface area contributed by atoms with Crippen LogP contribution in [0.2, 0.25) is 0 Å². The van der Waals surface area contributed by atoms with E-state index in [1.807, 2.05) is 0 Å². The van der Waals surface area contributed by atoms with Gasteiger partial charge in [-0.25, -0.2) is 0 Å². The number of nitrogens with one attached hydrogen (secondary N) is 1. The number of rotatable bonds is 3. The topological polar surface area (TPSA) is 21.3 Å². The van der Waals surface area contributed by atoms with Crippen molar-refractivity contribution in [1.29, 1.82) is 0 Å². The van der Waals surface area contributed by atoms with Crippen molar-refractivity contribution in [1.82, 2.24) is 5.32 Å².